The average Bonchev–Trinajstić information content (AvgIpc) is 2.67. The van der Waals surface area contributed by atoms with Crippen LogP contribution in [0.3, 0.4) is 0 Å². The van der Waals surface area contributed by atoms with Crippen molar-refractivity contribution >= 4 is 23.6 Å². The van der Waals surface area contributed by atoms with Crippen molar-refractivity contribution in [3.05, 3.63) is 71.3 Å². The maximum absolute atomic E-state index is 14.1. The molecule has 2 amide bonds. The first-order valence-corrected chi connectivity index (χ1v) is 10.6. The zero-order valence-electron chi connectivity index (χ0n) is 16.8. The van der Waals surface area contributed by atoms with E-state index in [4.69, 9.17) is 0 Å². The normalized spacial score (nSPS) is 11.9. The van der Waals surface area contributed by atoms with Gasteiger partial charge in [-0.3, -0.25) is 9.59 Å². The standard InChI is InChI=1S/C22H26F2N2O2S/c1-15(2)25-22(28)16(3)26(12-18-6-4-5-7-20(18)24)21(27)14-29-13-17-8-10-19(23)11-9-17/h4-11,15-16H,12-14H2,1-3H3,(H,25,28). The molecule has 7 heteroatoms. The summed E-state index contributed by atoms with van der Waals surface area (Å²) in [5.74, 6) is -0.603. The van der Waals surface area contributed by atoms with Gasteiger partial charge in [0.05, 0.1) is 5.75 Å². The van der Waals surface area contributed by atoms with Gasteiger partial charge < -0.3 is 10.2 Å². The fourth-order valence-corrected chi connectivity index (χ4v) is 3.59. The molecule has 0 heterocycles. The number of benzene rings is 2. The maximum atomic E-state index is 14.1. The summed E-state index contributed by atoms with van der Waals surface area (Å²) in [6.07, 6.45) is 0. The molecule has 4 nitrogen and oxygen atoms in total. The van der Waals surface area contributed by atoms with Crippen LogP contribution in [-0.2, 0) is 21.9 Å². The highest BCUT2D eigenvalue weighted by molar-refractivity contribution is 7.99. The molecule has 0 saturated heterocycles. The molecular formula is C22H26F2N2O2S. The van der Waals surface area contributed by atoms with Gasteiger partial charge in [-0.15, -0.1) is 11.8 Å². The number of nitrogens with zero attached hydrogens (tertiary/aromatic N) is 1. The lowest BCUT2D eigenvalue weighted by Gasteiger charge is -2.29. The predicted molar refractivity (Wildman–Crippen MR) is 112 cm³/mol. The third-order valence-electron chi connectivity index (χ3n) is 4.30. The Balaban J connectivity index is 2.07. The molecule has 0 saturated carbocycles. The van der Waals surface area contributed by atoms with Crippen LogP contribution in [0.25, 0.3) is 0 Å². The number of rotatable bonds is 9. The molecule has 0 aliphatic rings. The number of thioether (sulfide) groups is 1. The van der Waals surface area contributed by atoms with Gasteiger partial charge in [0, 0.05) is 23.9 Å². The molecule has 2 aromatic rings. The van der Waals surface area contributed by atoms with Crippen LogP contribution in [0.5, 0.6) is 0 Å². The van der Waals surface area contributed by atoms with Crippen LogP contribution in [0.15, 0.2) is 48.5 Å². The van der Waals surface area contributed by atoms with Gasteiger partial charge in [-0.2, -0.15) is 0 Å². The Morgan fingerprint density at radius 1 is 1.03 bits per heavy atom. The second-order valence-electron chi connectivity index (χ2n) is 7.07. The number of halogens is 2. The monoisotopic (exact) mass is 420 g/mol. The zero-order valence-corrected chi connectivity index (χ0v) is 17.6. The van der Waals surface area contributed by atoms with E-state index in [1.54, 1.807) is 37.3 Å². The number of carbonyl (C=O) groups excluding carboxylic acids is 2. The topological polar surface area (TPSA) is 49.4 Å². The smallest absolute Gasteiger partial charge is 0.242 e. The van der Waals surface area contributed by atoms with Gasteiger partial charge in [0.15, 0.2) is 0 Å². The summed E-state index contributed by atoms with van der Waals surface area (Å²) in [5, 5.41) is 2.80. The van der Waals surface area contributed by atoms with Gasteiger partial charge in [0.1, 0.15) is 17.7 Å². The van der Waals surface area contributed by atoms with Crippen molar-refractivity contribution in [2.24, 2.45) is 0 Å². The Kier molecular flexibility index (Phi) is 8.64. The molecule has 1 N–H and O–H groups in total. The fraction of sp³-hybridized carbons (Fsp3) is 0.364. The van der Waals surface area contributed by atoms with E-state index in [-0.39, 0.29) is 36.0 Å². The maximum Gasteiger partial charge on any atom is 0.242 e. The highest BCUT2D eigenvalue weighted by Crippen LogP contribution is 2.17. The van der Waals surface area contributed by atoms with Crippen molar-refractivity contribution in [3.8, 4) is 0 Å². The molecule has 156 valence electrons. The van der Waals surface area contributed by atoms with Gasteiger partial charge >= 0.3 is 0 Å². The minimum atomic E-state index is -0.740. The summed E-state index contributed by atoms with van der Waals surface area (Å²) >= 11 is 1.37. The molecule has 2 rings (SSSR count). The van der Waals surface area contributed by atoms with Crippen LogP contribution in [-0.4, -0.2) is 34.6 Å². The Morgan fingerprint density at radius 2 is 1.69 bits per heavy atom. The predicted octanol–water partition coefficient (Wildman–Crippen LogP) is 4.14. The van der Waals surface area contributed by atoms with Gasteiger partial charge in [-0.25, -0.2) is 8.78 Å². The van der Waals surface area contributed by atoms with E-state index in [1.165, 1.54) is 34.9 Å². The first-order valence-electron chi connectivity index (χ1n) is 9.43. The molecule has 0 bridgehead atoms. The second kappa shape index (κ2) is 11.0. The third-order valence-corrected chi connectivity index (χ3v) is 5.29. The molecule has 0 aromatic heterocycles. The van der Waals surface area contributed by atoms with Gasteiger partial charge in [0.25, 0.3) is 0 Å². The summed E-state index contributed by atoms with van der Waals surface area (Å²) in [6, 6.07) is 11.5. The van der Waals surface area contributed by atoms with Gasteiger partial charge in [-0.05, 0) is 44.5 Å². The SMILES string of the molecule is CC(C)NC(=O)C(C)N(Cc1ccccc1F)C(=O)CSCc1ccc(F)cc1. The summed E-state index contributed by atoms with van der Waals surface area (Å²) in [6.45, 7) is 5.33. The van der Waals surface area contributed by atoms with Crippen molar-refractivity contribution < 1.29 is 18.4 Å². The third kappa shape index (κ3) is 7.16. The van der Waals surface area contributed by atoms with Crippen molar-refractivity contribution in [1.29, 1.82) is 0 Å². The Bertz CT molecular complexity index is 828. The average molecular weight is 421 g/mol. The Morgan fingerprint density at radius 3 is 2.31 bits per heavy atom. The van der Waals surface area contributed by atoms with Crippen molar-refractivity contribution in [2.75, 3.05) is 5.75 Å². The first-order chi connectivity index (χ1) is 13.8. The molecule has 0 spiro atoms. The molecule has 1 atom stereocenters. The molecule has 2 aromatic carbocycles. The van der Waals surface area contributed by atoms with E-state index >= 15 is 0 Å². The first kappa shape index (κ1) is 22.9. The Hall–Kier alpha value is -2.41. The fourth-order valence-electron chi connectivity index (χ4n) is 2.72. The number of hydrogen-bond acceptors (Lipinski definition) is 3. The lowest BCUT2D eigenvalue weighted by atomic mass is 10.1. The van der Waals surface area contributed by atoms with Crippen LogP contribution in [0.1, 0.15) is 31.9 Å². The van der Waals surface area contributed by atoms with Crippen LogP contribution >= 0.6 is 11.8 Å². The van der Waals surface area contributed by atoms with E-state index in [0.29, 0.717) is 11.3 Å². The minimum Gasteiger partial charge on any atom is -0.352 e. The molecule has 0 aliphatic carbocycles. The van der Waals surface area contributed by atoms with Crippen LogP contribution < -0.4 is 5.32 Å². The molecule has 1 unspecified atom stereocenters. The summed E-state index contributed by atoms with van der Waals surface area (Å²) in [7, 11) is 0. The molecule has 0 aliphatic heterocycles. The van der Waals surface area contributed by atoms with Crippen LogP contribution in [0, 0.1) is 11.6 Å². The summed E-state index contributed by atoms with van der Waals surface area (Å²) < 4.78 is 27.1. The van der Waals surface area contributed by atoms with E-state index in [1.807, 2.05) is 13.8 Å². The number of hydrogen-bond donors (Lipinski definition) is 1. The largest absolute Gasteiger partial charge is 0.352 e. The van der Waals surface area contributed by atoms with E-state index in [0.717, 1.165) is 5.56 Å². The van der Waals surface area contributed by atoms with E-state index in [9.17, 15) is 18.4 Å². The molecule has 0 fully saturated rings. The summed E-state index contributed by atoms with van der Waals surface area (Å²) in [4.78, 5) is 26.7. The van der Waals surface area contributed by atoms with Gasteiger partial charge in [0.2, 0.25) is 11.8 Å². The van der Waals surface area contributed by atoms with Crippen molar-refractivity contribution in [2.45, 2.75) is 45.2 Å². The van der Waals surface area contributed by atoms with Gasteiger partial charge in [-0.1, -0.05) is 30.3 Å². The zero-order chi connectivity index (χ0) is 21.4. The quantitative estimate of drug-likeness (QED) is 0.663. The lowest BCUT2D eigenvalue weighted by molar-refractivity contribution is -0.138. The van der Waals surface area contributed by atoms with E-state index in [2.05, 4.69) is 5.32 Å². The molecule has 0 radical (unpaired) electrons. The van der Waals surface area contributed by atoms with Crippen LogP contribution in [0.4, 0.5) is 8.78 Å². The number of amides is 2. The number of carbonyl (C=O) groups is 2. The van der Waals surface area contributed by atoms with Crippen molar-refractivity contribution in [3.63, 3.8) is 0 Å². The summed E-state index contributed by atoms with van der Waals surface area (Å²) in [5.41, 5.74) is 1.25. The van der Waals surface area contributed by atoms with Crippen molar-refractivity contribution in [1.82, 2.24) is 10.2 Å². The molecular weight excluding hydrogens is 394 g/mol. The highest BCUT2D eigenvalue weighted by Gasteiger charge is 2.27. The Labute approximate surface area is 174 Å². The lowest BCUT2D eigenvalue weighted by Crippen LogP contribution is -2.49. The van der Waals surface area contributed by atoms with Crippen LogP contribution in [0.2, 0.25) is 0 Å². The molecule has 29 heavy (non-hydrogen) atoms. The minimum absolute atomic E-state index is 0.00922. The van der Waals surface area contributed by atoms with E-state index < -0.39 is 11.9 Å². The number of nitrogens with one attached hydrogen (secondary N) is 1. The second-order valence-corrected chi connectivity index (χ2v) is 8.06. The highest BCUT2D eigenvalue weighted by atomic mass is 32.2.